The van der Waals surface area contributed by atoms with E-state index in [1.54, 1.807) is 0 Å². The summed E-state index contributed by atoms with van der Waals surface area (Å²) in [6.07, 6.45) is 0. The molecule has 2 aliphatic carbocycles. The van der Waals surface area contributed by atoms with Crippen LogP contribution in [0.25, 0.3) is 88.0 Å². The van der Waals surface area contributed by atoms with Crippen LogP contribution in [0.4, 0.5) is 0 Å². The van der Waals surface area contributed by atoms with Gasteiger partial charge >= 0.3 is 0 Å². The van der Waals surface area contributed by atoms with Gasteiger partial charge in [0.15, 0.2) is 0 Å². The molecule has 0 heteroatoms. The third-order valence-electron chi connectivity index (χ3n) is 12.8. The van der Waals surface area contributed by atoms with Crippen molar-refractivity contribution in [2.75, 3.05) is 0 Å². The van der Waals surface area contributed by atoms with Crippen molar-refractivity contribution in [2.45, 2.75) is 38.5 Å². The highest BCUT2D eigenvalue weighted by Gasteiger charge is 2.41. The van der Waals surface area contributed by atoms with E-state index < -0.39 is 0 Å². The molecule has 0 saturated heterocycles. The van der Waals surface area contributed by atoms with Crippen molar-refractivity contribution in [3.63, 3.8) is 0 Å². The van der Waals surface area contributed by atoms with Crippen LogP contribution < -0.4 is 0 Å². The molecule has 0 nitrogen and oxygen atoms in total. The maximum atomic E-state index is 2.52. The van der Waals surface area contributed by atoms with Crippen molar-refractivity contribution >= 4 is 32.3 Å². The zero-order chi connectivity index (χ0) is 36.3. The van der Waals surface area contributed by atoms with Crippen molar-refractivity contribution in [2.24, 2.45) is 0 Å². The SMILES string of the molecule is CC1(C)c2cc(-c3ccc4ccccc4c3)ccc2-c2cc3c(cc21)-c1ccc(-c2ccc4cc(-c5ccc6ccccc6c5)ccc4c2)cc1C3(C)C. The summed E-state index contributed by atoms with van der Waals surface area (Å²) in [5.74, 6) is 0. The smallest absolute Gasteiger partial charge is 0.0159 e. The third kappa shape index (κ3) is 4.56. The topological polar surface area (TPSA) is 0 Å². The van der Waals surface area contributed by atoms with Crippen LogP contribution in [0, 0.1) is 0 Å². The molecule has 9 aromatic carbocycles. The molecule has 0 fully saturated rings. The molecular weight excluding hydrogens is 649 g/mol. The van der Waals surface area contributed by atoms with E-state index >= 15 is 0 Å². The van der Waals surface area contributed by atoms with Crippen LogP contribution in [-0.4, -0.2) is 0 Å². The second-order valence-corrected chi connectivity index (χ2v) is 16.6. The van der Waals surface area contributed by atoms with Crippen molar-refractivity contribution in [3.8, 4) is 55.6 Å². The lowest BCUT2D eigenvalue weighted by molar-refractivity contribution is 0.652. The molecule has 0 spiro atoms. The van der Waals surface area contributed by atoms with E-state index in [1.165, 1.54) is 110 Å². The molecule has 2 aliphatic rings. The van der Waals surface area contributed by atoms with E-state index in [4.69, 9.17) is 0 Å². The molecule has 0 heterocycles. The average molecular weight is 689 g/mol. The summed E-state index contributed by atoms with van der Waals surface area (Å²) >= 11 is 0. The summed E-state index contributed by atoms with van der Waals surface area (Å²) in [7, 11) is 0. The van der Waals surface area contributed by atoms with Crippen LogP contribution in [0.5, 0.6) is 0 Å². The van der Waals surface area contributed by atoms with Crippen LogP contribution in [0.2, 0.25) is 0 Å². The highest BCUT2D eigenvalue weighted by atomic mass is 14.4. The highest BCUT2D eigenvalue weighted by Crippen LogP contribution is 2.57. The molecule has 54 heavy (non-hydrogen) atoms. The van der Waals surface area contributed by atoms with Gasteiger partial charge in [0, 0.05) is 10.8 Å². The number of hydrogen-bond acceptors (Lipinski definition) is 0. The Morgan fingerprint density at radius 3 is 0.907 bits per heavy atom. The van der Waals surface area contributed by atoms with Gasteiger partial charge in [0.25, 0.3) is 0 Å². The van der Waals surface area contributed by atoms with E-state index in [0.29, 0.717) is 0 Å². The second kappa shape index (κ2) is 11.1. The minimum atomic E-state index is -0.112. The number of fused-ring (bicyclic) bond motifs is 9. The lowest BCUT2D eigenvalue weighted by Crippen LogP contribution is -2.17. The minimum Gasteiger partial charge on any atom is -0.0616 e. The minimum absolute atomic E-state index is 0.0986. The number of benzene rings is 9. The van der Waals surface area contributed by atoms with Crippen LogP contribution in [-0.2, 0) is 10.8 Å². The molecule has 0 atom stereocenters. The Morgan fingerprint density at radius 1 is 0.241 bits per heavy atom. The molecular formula is C54H40. The Bertz CT molecular complexity index is 3040. The highest BCUT2D eigenvalue weighted by molar-refractivity contribution is 5.95. The van der Waals surface area contributed by atoms with Gasteiger partial charge < -0.3 is 0 Å². The van der Waals surface area contributed by atoms with Crippen molar-refractivity contribution < 1.29 is 0 Å². The van der Waals surface area contributed by atoms with Crippen molar-refractivity contribution in [1.29, 1.82) is 0 Å². The van der Waals surface area contributed by atoms with E-state index in [1.807, 2.05) is 0 Å². The van der Waals surface area contributed by atoms with Gasteiger partial charge in [0.2, 0.25) is 0 Å². The molecule has 9 aromatic rings. The first-order valence-electron chi connectivity index (χ1n) is 19.2. The molecule has 256 valence electrons. The van der Waals surface area contributed by atoms with Crippen molar-refractivity contribution in [1.82, 2.24) is 0 Å². The van der Waals surface area contributed by atoms with Gasteiger partial charge in [-0.15, -0.1) is 0 Å². The fourth-order valence-corrected chi connectivity index (χ4v) is 9.66. The first kappa shape index (κ1) is 31.3. The first-order chi connectivity index (χ1) is 26.2. The molecule has 0 radical (unpaired) electrons. The molecule has 0 amide bonds. The molecule has 0 unspecified atom stereocenters. The molecule has 0 bridgehead atoms. The average Bonchev–Trinajstić information content (AvgIpc) is 3.57. The maximum Gasteiger partial charge on any atom is 0.0159 e. The Hall–Kier alpha value is -6.24. The van der Waals surface area contributed by atoms with Crippen molar-refractivity contribution in [3.05, 3.63) is 192 Å². The van der Waals surface area contributed by atoms with Gasteiger partial charge in [-0.25, -0.2) is 0 Å². The molecule has 0 aromatic heterocycles. The summed E-state index contributed by atoms with van der Waals surface area (Å²) in [5, 5.41) is 7.64. The van der Waals surface area contributed by atoms with Gasteiger partial charge in [0.05, 0.1) is 0 Å². The molecule has 0 saturated carbocycles. The van der Waals surface area contributed by atoms with Gasteiger partial charge in [-0.2, -0.15) is 0 Å². The quantitative estimate of drug-likeness (QED) is 0.173. The standard InChI is InChI=1S/C54H40/c1-53(2)49-29-43(41-16-14-34-10-6-8-12-36(34)26-41)21-23-45(49)47-31-52-48(32-51(47)53)46-24-22-44(30-50(46)54(52,3)4)42-20-19-39-27-38(17-18-40(39)28-42)37-15-13-33-9-5-7-11-35(33)25-37/h5-32H,1-4H3. The Morgan fingerprint density at radius 2 is 0.519 bits per heavy atom. The fraction of sp³-hybridized carbons (Fsp3) is 0.111. The lowest BCUT2D eigenvalue weighted by atomic mass is 9.79. The summed E-state index contributed by atoms with van der Waals surface area (Å²) in [5.41, 5.74) is 18.6. The van der Waals surface area contributed by atoms with Crippen LogP contribution >= 0.6 is 0 Å². The summed E-state index contributed by atoms with van der Waals surface area (Å²) < 4.78 is 0. The zero-order valence-corrected chi connectivity index (χ0v) is 31.2. The Labute approximate surface area is 317 Å². The Balaban J connectivity index is 0.939. The predicted octanol–water partition coefficient (Wildman–Crippen LogP) is 14.8. The first-order valence-corrected chi connectivity index (χ1v) is 19.2. The normalized spacial score (nSPS) is 14.6. The number of hydrogen-bond donors (Lipinski definition) is 0. The Kier molecular flexibility index (Phi) is 6.46. The molecule has 0 N–H and O–H groups in total. The lowest BCUT2D eigenvalue weighted by Gasteiger charge is -2.24. The molecule has 11 rings (SSSR count). The monoisotopic (exact) mass is 688 g/mol. The summed E-state index contributed by atoms with van der Waals surface area (Å²) in [6, 6.07) is 64.0. The number of rotatable bonds is 3. The van der Waals surface area contributed by atoms with Crippen LogP contribution in [0.1, 0.15) is 49.9 Å². The zero-order valence-electron chi connectivity index (χ0n) is 31.2. The van der Waals surface area contributed by atoms with Crippen LogP contribution in [0.15, 0.2) is 170 Å². The third-order valence-corrected chi connectivity index (χ3v) is 12.8. The second-order valence-electron chi connectivity index (χ2n) is 16.6. The summed E-state index contributed by atoms with van der Waals surface area (Å²) in [6.45, 7) is 9.63. The van der Waals surface area contributed by atoms with E-state index in [-0.39, 0.29) is 10.8 Å². The van der Waals surface area contributed by atoms with E-state index in [0.717, 1.165) is 0 Å². The summed E-state index contributed by atoms with van der Waals surface area (Å²) in [4.78, 5) is 0. The maximum absolute atomic E-state index is 2.52. The van der Waals surface area contributed by atoms with E-state index in [9.17, 15) is 0 Å². The van der Waals surface area contributed by atoms with Gasteiger partial charge in [-0.3, -0.25) is 0 Å². The van der Waals surface area contributed by atoms with Crippen LogP contribution in [0.3, 0.4) is 0 Å². The predicted molar refractivity (Wildman–Crippen MR) is 230 cm³/mol. The van der Waals surface area contributed by atoms with Gasteiger partial charge in [0.1, 0.15) is 0 Å². The largest absolute Gasteiger partial charge is 0.0616 e. The van der Waals surface area contributed by atoms with Gasteiger partial charge in [-0.1, -0.05) is 149 Å². The van der Waals surface area contributed by atoms with Gasteiger partial charge in [-0.05, 0) is 159 Å². The molecule has 0 aliphatic heterocycles. The fourth-order valence-electron chi connectivity index (χ4n) is 9.66. The van der Waals surface area contributed by atoms with E-state index in [2.05, 4.69) is 198 Å².